The minimum absolute atomic E-state index is 0.262. The molecule has 2 fully saturated rings. The fraction of sp³-hybridized carbons (Fsp3) is 0.471. The van der Waals surface area contributed by atoms with E-state index in [4.69, 9.17) is 9.15 Å². The molecule has 2 saturated heterocycles. The van der Waals surface area contributed by atoms with Crippen LogP contribution in [-0.4, -0.2) is 18.2 Å². The number of piperidine rings is 1. The molecule has 1 N–H and O–H groups in total. The Hall–Kier alpha value is -1.81. The molecular formula is C17H19NO3. The lowest BCUT2D eigenvalue weighted by Crippen LogP contribution is -2.42. The Labute approximate surface area is 123 Å². The summed E-state index contributed by atoms with van der Waals surface area (Å²) in [6.07, 6.45) is 4.91. The van der Waals surface area contributed by atoms with Gasteiger partial charge in [-0.25, -0.2) is 4.79 Å². The largest absolute Gasteiger partial charge is 0.490 e. The van der Waals surface area contributed by atoms with E-state index in [1.165, 1.54) is 12.8 Å². The first-order valence-corrected chi connectivity index (χ1v) is 7.64. The van der Waals surface area contributed by atoms with Gasteiger partial charge in [0.05, 0.1) is 0 Å². The Morgan fingerprint density at radius 2 is 1.95 bits per heavy atom. The smallest absolute Gasteiger partial charge is 0.339 e. The second-order valence-electron chi connectivity index (χ2n) is 6.27. The minimum atomic E-state index is -0.278. The van der Waals surface area contributed by atoms with E-state index in [9.17, 15) is 4.79 Å². The molecule has 2 bridgehead atoms. The summed E-state index contributed by atoms with van der Waals surface area (Å²) < 4.78 is 11.4. The van der Waals surface area contributed by atoms with Gasteiger partial charge in [-0.2, -0.15) is 0 Å². The average Bonchev–Trinajstić information content (AvgIpc) is 2.80. The van der Waals surface area contributed by atoms with E-state index in [1.807, 2.05) is 24.3 Å². The Kier molecular flexibility index (Phi) is 3.00. The zero-order valence-corrected chi connectivity index (χ0v) is 12.1. The molecule has 21 heavy (non-hydrogen) atoms. The van der Waals surface area contributed by atoms with Gasteiger partial charge >= 0.3 is 5.63 Å². The molecule has 0 saturated carbocycles. The highest BCUT2D eigenvalue weighted by Gasteiger charge is 2.34. The van der Waals surface area contributed by atoms with Crippen LogP contribution in [0.5, 0.6) is 5.75 Å². The number of benzene rings is 1. The maximum Gasteiger partial charge on any atom is 0.339 e. The molecule has 3 atom stereocenters. The first kappa shape index (κ1) is 12.9. The van der Waals surface area contributed by atoms with Crippen molar-refractivity contribution in [1.82, 2.24) is 5.32 Å². The van der Waals surface area contributed by atoms with Gasteiger partial charge in [0.15, 0.2) is 0 Å². The second kappa shape index (κ2) is 4.88. The van der Waals surface area contributed by atoms with Crippen LogP contribution in [0.25, 0.3) is 11.0 Å². The lowest BCUT2D eigenvalue weighted by atomic mass is 10.0. The molecule has 4 heteroatoms. The fourth-order valence-corrected chi connectivity index (χ4v) is 3.56. The zero-order valence-electron chi connectivity index (χ0n) is 12.1. The van der Waals surface area contributed by atoms with Crippen LogP contribution in [0.3, 0.4) is 0 Å². The molecule has 2 aliphatic heterocycles. The molecule has 0 aliphatic carbocycles. The molecule has 3 heterocycles. The zero-order chi connectivity index (χ0) is 14.4. The maximum absolute atomic E-state index is 11.6. The quantitative estimate of drug-likeness (QED) is 0.862. The molecule has 110 valence electrons. The lowest BCUT2D eigenvalue weighted by Gasteiger charge is -2.29. The number of fused-ring (bicyclic) bond motifs is 3. The normalized spacial score (nSPS) is 28.0. The van der Waals surface area contributed by atoms with Crippen molar-refractivity contribution in [1.29, 1.82) is 0 Å². The van der Waals surface area contributed by atoms with Crippen molar-refractivity contribution < 1.29 is 9.15 Å². The van der Waals surface area contributed by atoms with Gasteiger partial charge in [0.2, 0.25) is 0 Å². The molecular weight excluding hydrogens is 266 g/mol. The molecule has 2 aromatic rings. The SMILES string of the molecule is Cc1cc2ccc(OC3C[C@H]4CC[C@@H](C3)N4)cc2oc1=O. The predicted octanol–water partition coefficient (Wildman–Crippen LogP) is 2.76. The van der Waals surface area contributed by atoms with Gasteiger partial charge in [-0.3, -0.25) is 0 Å². The number of hydrogen-bond acceptors (Lipinski definition) is 4. The molecule has 0 spiro atoms. The van der Waals surface area contributed by atoms with Crippen molar-refractivity contribution >= 4 is 11.0 Å². The van der Waals surface area contributed by atoms with Crippen molar-refractivity contribution in [3.8, 4) is 5.75 Å². The number of aryl methyl sites for hydroxylation is 1. The van der Waals surface area contributed by atoms with E-state index in [0.717, 1.165) is 24.0 Å². The van der Waals surface area contributed by atoms with Crippen LogP contribution in [0.1, 0.15) is 31.2 Å². The fourth-order valence-electron chi connectivity index (χ4n) is 3.56. The van der Waals surface area contributed by atoms with Gasteiger partial charge in [0.25, 0.3) is 0 Å². The molecule has 4 nitrogen and oxygen atoms in total. The molecule has 2 aliphatic rings. The molecule has 1 aromatic carbocycles. The standard InChI is InChI=1S/C17H19NO3/c1-10-6-11-2-5-14(9-16(11)21-17(10)19)20-15-7-12-3-4-13(8-15)18-12/h2,5-6,9,12-13,15,18H,3-4,7-8H2,1H3/t12-,13+,15?. The van der Waals surface area contributed by atoms with Crippen molar-refractivity contribution in [2.24, 2.45) is 0 Å². The Bertz CT molecular complexity index is 724. The summed E-state index contributed by atoms with van der Waals surface area (Å²) in [7, 11) is 0. The summed E-state index contributed by atoms with van der Waals surface area (Å²) in [5.41, 5.74) is 0.950. The van der Waals surface area contributed by atoms with E-state index in [1.54, 1.807) is 6.92 Å². The summed E-state index contributed by atoms with van der Waals surface area (Å²) in [6.45, 7) is 1.76. The molecule has 1 aromatic heterocycles. The first-order chi connectivity index (χ1) is 10.2. The van der Waals surface area contributed by atoms with Crippen molar-refractivity contribution in [2.75, 3.05) is 0 Å². The van der Waals surface area contributed by atoms with E-state index in [0.29, 0.717) is 23.2 Å². The highest BCUT2D eigenvalue weighted by Crippen LogP contribution is 2.30. The molecule has 0 amide bonds. The topological polar surface area (TPSA) is 51.5 Å². The van der Waals surface area contributed by atoms with Crippen LogP contribution < -0.4 is 15.7 Å². The Balaban J connectivity index is 1.59. The van der Waals surface area contributed by atoms with Crippen LogP contribution in [-0.2, 0) is 0 Å². The Morgan fingerprint density at radius 1 is 1.19 bits per heavy atom. The monoisotopic (exact) mass is 285 g/mol. The minimum Gasteiger partial charge on any atom is -0.490 e. The number of nitrogens with one attached hydrogen (secondary N) is 1. The van der Waals surface area contributed by atoms with E-state index in [-0.39, 0.29) is 11.7 Å². The van der Waals surface area contributed by atoms with Gasteiger partial charge in [-0.05, 0) is 50.8 Å². The summed E-state index contributed by atoms with van der Waals surface area (Å²) in [6, 6.07) is 8.82. The highest BCUT2D eigenvalue weighted by atomic mass is 16.5. The number of hydrogen-bond donors (Lipinski definition) is 1. The number of rotatable bonds is 2. The van der Waals surface area contributed by atoms with Crippen LogP contribution >= 0.6 is 0 Å². The summed E-state index contributed by atoms with van der Waals surface area (Å²) in [4.78, 5) is 11.6. The third-order valence-corrected chi connectivity index (χ3v) is 4.61. The van der Waals surface area contributed by atoms with E-state index in [2.05, 4.69) is 5.32 Å². The third-order valence-electron chi connectivity index (χ3n) is 4.61. The van der Waals surface area contributed by atoms with Gasteiger partial charge < -0.3 is 14.5 Å². The average molecular weight is 285 g/mol. The van der Waals surface area contributed by atoms with Crippen molar-refractivity contribution in [2.45, 2.75) is 50.8 Å². The maximum atomic E-state index is 11.6. The third kappa shape index (κ3) is 2.44. The summed E-state index contributed by atoms with van der Waals surface area (Å²) >= 11 is 0. The predicted molar refractivity (Wildman–Crippen MR) is 80.8 cm³/mol. The van der Waals surface area contributed by atoms with Gasteiger partial charge in [0, 0.05) is 29.1 Å². The summed E-state index contributed by atoms with van der Waals surface area (Å²) in [5.74, 6) is 0.792. The molecule has 1 unspecified atom stereocenters. The van der Waals surface area contributed by atoms with Gasteiger partial charge in [-0.1, -0.05) is 0 Å². The van der Waals surface area contributed by atoms with Gasteiger partial charge in [0.1, 0.15) is 17.4 Å². The second-order valence-corrected chi connectivity index (χ2v) is 6.27. The molecule has 0 radical (unpaired) electrons. The lowest BCUT2D eigenvalue weighted by molar-refractivity contribution is 0.137. The first-order valence-electron chi connectivity index (χ1n) is 7.64. The van der Waals surface area contributed by atoms with E-state index >= 15 is 0 Å². The number of ether oxygens (including phenoxy) is 1. The van der Waals surface area contributed by atoms with Crippen LogP contribution in [0.15, 0.2) is 33.5 Å². The van der Waals surface area contributed by atoms with Crippen molar-refractivity contribution in [3.63, 3.8) is 0 Å². The Morgan fingerprint density at radius 3 is 2.71 bits per heavy atom. The highest BCUT2D eigenvalue weighted by molar-refractivity contribution is 5.78. The van der Waals surface area contributed by atoms with E-state index < -0.39 is 0 Å². The molecule has 4 rings (SSSR count). The van der Waals surface area contributed by atoms with Crippen LogP contribution in [0.4, 0.5) is 0 Å². The summed E-state index contributed by atoms with van der Waals surface area (Å²) in [5, 5.41) is 4.54. The van der Waals surface area contributed by atoms with Crippen LogP contribution in [0.2, 0.25) is 0 Å². The van der Waals surface area contributed by atoms with Crippen LogP contribution in [0, 0.1) is 6.92 Å². The van der Waals surface area contributed by atoms with Gasteiger partial charge in [-0.15, -0.1) is 0 Å². The van der Waals surface area contributed by atoms with Crippen molar-refractivity contribution in [3.05, 3.63) is 40.2 Å².